The van der Waals surface area contributed by atoms with Crippen LogP contribution < -0.4 is 9.13 Å². The second kappa shape index (κ2) is 6.24. The van der Waals surface area contributed by atoms with E-state index in [0.717, 1.165) is 18.4 Å². The standard InChI is InChI=1S/C31H26N2O/c1-19-15-16-32-27(17-19)29-25(13-12-22-21-7-4-6-10-28(21)34-30(22)29)31(32)24-9-5-3-8-23(24)26-14-11-20(2)18-33(26)31/h3,5,8-9,11-18H,4,6-7,10H2,1-2H3/q+2. The van der Waals surface area contributed by atoms with E-state index in [9.17, 15) is 0 Å². The average Bonchev–Trinajstić information content (AvgIpc) is 3.47. The predicted octanol–water partition coefficient (Wildman–Crippen LogP) is 5.76. The Balaban J connectivity index is 1.59. The molecule has 0 N–H and O–H groups in total. The Bertz CT molecular complexity index is 1690. The van der Waals surface area contributed by atoms with E-state index in [0.29, 0.717) is 0 Å². The third-order valence-electron chi connectivity index (χ3n) is 8.24. The van der Waals surface area contributed by atoms with E-state index in [1.807, 2.05) is 0 Å². The van der Waals surface area contributed by atoms with Crippen molar-refractivity contribution in [2.45, 2.75) is 45.2 Å². The van der Waals surface area contributed by atoms with Gasteiger partial charge in [-0.05, 0) is 69.0 Å². The predicted molar refractivity (Wildman–Crippen MR) is 132 cm³/mol. The summed E-state index contributed by atoms with van der Waals surface area (Å²) < 4.78 is 11.7. The van der Waals surface area contributed by atoms with Gasteiger partial charge in [0, 0.05) is 41.1 Å². The molecular formula is C31H26N2O+2. The molecule has 0 radical (unpaired) electrons. The average molecular weight is 443 g/mol. The zero-order chi connectivity index (χ0) is 22.6. The van der Waals surface area contributed by atoms with E-state index < -0.39 is 5.66 Å². The summed E-state index contributed by atoms with van der Waals surface area (Å²) in [5.74, 6) is 1.20. The smallest absolute Gasteiger partial charge is 0.417 e. The van der Waals surface area contributed by atoms with Crippen molar-refractivity contribution in [3.05, 3.63) is 107 Å². The number of nitrogens with zero attached hydrogens (tertiary/aromatic N) is 2. The maximum atomic E-state index is 6.71. The number of aromatic nitrogens is 2. The van der Waals surface area contributed by atoms with E-state index in [4.69, 9.17) is 4.42 Å². The van der Waals surface area contributed by atoms with Crippen molar-refractivity contribution in [3.8, 4) is 22.5 Å². The van der Waals surface area contributed by atoms with Crippen LogP contribution in [0.5, 0.6) is 0 Å². The largest absolute Gasteiger partial charge is 0.460 e. The van der Waals surface area contributed by atoms with Gasteiger partial charge in [0.1, 0.15) is 28.0 Å². The van der Waals surface area contributed by atoms with Crippen molar-refractivity contribution >= 4 is 11.0 Å². The highest BCUT2D eigenvalue weighted by molar-refractivity contribution is 5.97. The molecule has 3 aliphatic rings. The molecule has 1 aliphatic carbocycles. The van der Waals surface area contributed by atoms with Gasteiger partial charge < -0.3 is 4.42 Å². The maximum Gasteiger partial charge on any atom is 0.417 e. The van der Waals surface area contributed by atoms with Crippen LogP contribution in [0.1, 0.15) is 46.4 Å². The zero-order valence-corrected chi connectivity index (χ0v) is 19.6. The van der Waals surface area contributed by atoms with Crippen molar-refractivity contribution in [2.75, 3.05) is 0 Å². The third-order valence-corrected chi connectivity index (χ3v) is 8.24. The first kappa shape index (κ1) is 18.7. The minimum Gasteiger partial charge on any atom is -0.460 e. The van der Waals surface area contributed by atoms with Crippen LogP contribution in [0.2, 0.25) is 0 Å². The van der Waals surface area contributed by atoms with Crippen molar-refractivity contribution in [2.24, 2.45) is 0 Å². The topological polar surface area (TPSA) is 20.9 Å². The number of aryl methyl sites for hydroxylation is 4. The van der Waals surface area contributed by atoms with Crippen LogP contribution in [-0.4, -0.2) is 0 Å². The normalized spacial score (nSPS) is 19.1. The van der Waals surface area contributed by atoms with Gasteiger partial charge in [-0.3, -0.25) is 0 Å². The van der Waals surface area contributed by atoms with Gasteiger partial charge in [-0.2, -0.15) is 0 Å². The van der Waals surface area contributed by atoms with Crippen molar-refractivity contribution in [3.63, 3.8) is 0 Å². The van der Waals surface area contributed by atoms with E-state index in [-0.39, 0.29) is 0 Å². The molecule has 8 rings (SSSR count). The Labute approximate surface area is 198 Å². The number of hydrogen-bond acceptors (Lipinski definition) is 1. The number of furan rings is 1. The molecule has 0 bridgehead atoms. The van der Waals surface area contributed by atoms with Crippen LogP contribution in [0, 0.1) is 13.8 Å². The number of benzene rings is 2. The highest BCUT2D eigenvalue weighted by Gasteiger charge is 2.67. The molecular weight excluding hydrogens is 416 g/mol. The van der Waals surface area contributed by atoms with E-state index in [1.165, 1.54) is 74.3 Å². The quantitative estimate of drug-likeness (QED) is 0.274. The van der Waals surface area contributed by atoms with Gasteiger partial charge in [-0.25, -0.2) is 0 Å². The summed E-state index contributed by atoms with van der Waals surface area (Å²) in [6.45, 7) is 4.37. The lowest BCUT2D eigenvalue weighted by atomic mass is 9.88. The Kier molecular flexibility index (Phi) is 3.43. The number of rotatable bonds is 0. The second-order valence-corrected chi connectivity index (χ2v) is 10.2. The molecule has 0 amide bonds. The molecule has 1 spiro atoms. The molecule has 2 aliphatic heterocycles. The Morgan fingerprint density at radius 2 is 1.68 bits per heavy atom. The molecule has 3 heteroatoms. The summed E-state index contributed by atoms with van der Waals surface area (Å²) in [7, 11) is 0. The number of pyridine rings is 2. The van der Waals surface area contributed by atoms with Crippen LogP contribution in [0.25, 0.3) is 33.5 Å². The molecule has 0 saturated heterocycles. The van der Waals surface area contributed by atoms with Crippen molar-refractivity contribution in [1.29, 1.82) is 0 Å². The van der Waals surface area contributed by atoms with E-state index in [2.05, 4.69) is 96.0 Å². The molecule has 164 valence electrons. The molecule has 3 aromatic heterocycles. The zero-order valence-electron chi connectivity index (χ0n) is 19.6. The summed E-state index contributed by atoms with van der Waals surface area (Å²) in [5, 5.41) is 1.30. The van der Waals surface area contributed by atoms with Crippen LogP contribution >= 0.6 is 0 Å². The minimum absolute atomic E-state index is 0.461. The molecule has 0 fully saturated rings. The SMILES string of the molecule is Cc1cc[n+]2c(c1)-c1c(ccc3c4c(oc13)CCCC4)C21c2ccccc2-c2ccc(C)c[n+]21. The minimum atomic E-state index is -0.461. The lowest BCUT2D eigenvalue weighted by Crippen LogP contribution is -2.71. The van der Waals surface area contributed by atoms with Crippen molar-refractivity contribution in [1.82, 2.24) is 0 Å². The molecule has 0 saturated carbocycles. The molecule has 1 unspecified atom stereocenters. The number of hydrogen-bond donors (Lipinski definition) is 0. The molecule has 34 heavy (non-hydrogen) atoms. The highest BCUT2D eigenvalue weighted by atomic mass is 16.3. The van der Waals surface area contributed by atoms with Crippen LogP contribution in [-0.2, 0) is 18.5 Å². The van der Waals surface area contributed by atoms with Gasteiger partial charge in [0.15, 0.2) is 12.4 Å². The lowest BCUT2D eigenvalue weighted by Gasteiger charge is -2.17. The first-order chi connectivity index (χ1) is 16.7. The fourth-order valence-corrected chi connectivity index (χ4v) is 6.83. The molecule has 3 nitrogen and oxygen atoms in total. The van der Waals surface area contributed by atoms with Gasteiger partial charge in [-0.1, -0.05) is 12.1 Å². The van der Waals surface area contributed by atoms with Gasteiger partial charge in [0.25, 0.3) is 0 Å². The monoisotopic (exact) mass is 442 g/mol. The van der Waals surface area contributed by atoms with Crippen LogP contribution in [0.15, 0.2) is 77.5 Å². The Hall–Kier alpha value is -3.72. The summed E-state index contributed by atoms with van der Waals surface area (Å²) in [5.41, 5.74) is 12.2. The fraction of sp³-hybridized carbons (Fsp3) is 0.226. The first-order valence-electron chi connectivity index (χ1n) is 12.4. The second-order valence-electron chi connectivity index (χ2n) is 10.2. The first-order valence-corrected chi connectivity index (χ1v) is 12.4. The maximum absolute atomic E-state index is 6.71. The molecule has 1 atom stereocenters. The lowest BCUT2D eigenvalue weighted by molar-refractivity contribution is -0.955. The molecule has 5 heterocycles. The van der Waals surface area contributed by atoms with Crippen molar-refractivity contribution < 1.29 is 13.6 Å². The number of fused-ring (bicyclic) bond motifs is 14. The third kappa shape index (κ3) is 2.05. The van der Waals surface area contributed by atoms with E-state index in [1.54, 1.807) is 0 Å². The summed E-state index contributed by atoms with van der Waals surface area (Å²) >= 11 is 0. The van der Waals surface area contributed by atoms with Gasteiger partial charge in [0.05, 0.1) is 5.56 Å². The van der Waals surface area contributed by atoms with Crippen LogP contribution in [0.4, 0.5) is 0 Å². The molecule has 2 aromatic carbocycles. The highest BCUT2D eigenvalue weighted by Crippen LogP contribution is 2.50. The summed E-state index contributed by atoms with van der Waals surface area (Å²) in [6.07, 6.45) is 9.25. The Morgan fingerprint density at radius 3 is 2.62 bits per heavy atom. The fourth-order valence-electron chi connectivity index (χ4n) is 6.83. The molecule has 5 aromatic rings. The van der Waals surface area contributed by atoms with Gasteiger partial charge >= 0.3 is 5.66 Å². The summed E-state index contributed by atoms with van der Waals surface area (Å²) in [6, 6.07) is 22.7. The summed E-state index contributed by atoms with van der Waals surface area (Å²) in [4.78, 5) is 0. The van der Waals surface area contributed by atoms with E-state index >= 15 is 0 Å². The Morgan fingerprint density at radius 1 is 0.794 bits per heavy atom. The van der Waals surface area contributed by atoms with Gasteiger partial charge in [-0.15, -0.1) is 9.13 Å². The van der Waals surface area contributed by atoms with Crippen LogP contribution in [0.3, 0.4) is 0 Å². The van der Waals surface area contributed by atoms with Gasteiger partial charge in [0.2, 0.25) is 11.4 Å².